The molecule has 5 rings (SSSR count). The van der Waals surface area contributed by atoms with E-state index < -0.39 is 0 Å². The van der Waals surface area contributed by atoms with E-state index in [1.54, 1.807) is 19.5 Å². The van der Waals surface area contributed by atoms with E-state index >= 15 is 0 Å². The number of piperidine rings is 1. The van der Waals surface area contributed by atoms with Crippen molar-refractivity contribution in [1.82, 2.24) is 24.8 Å². The quantitative estimate of drug-likeness (QED) is 0.229. The second-order valence-corrected chi connectivity index (χ2v) is 11.9. The van der Waals surface area contributed by atoms with Crippen LogP contribution >= 0.6 is 0 Å². The number of hydrogen-bond donors (Lipinski definition) is 3. The van der Waals surface area contributed by atoms with Crippen LogP contribution in [-0.2, 0) is 20.8 Å². The third-order valence-electron chi connectivity index (χ3n) is 8.08. The van der Waals surface area contributed by atoms with Gasteiger partial charge in [0.05, 0.1) is 30.3 Å². The van der Waals surface area contributed by atoms with E-state index in [0.717, 1.165) is 70.9 Å². The molecule has 12 nitrogen and oxygen atoms in total. The van der Waals surface area contributed by atoms with Crippen LogP contribution in [0.4, 0.5) is 29.0 Å². The van der Waals surface area contributed by atoms with Crippen molar-refractivity contribution >= 4 is 34.9 Å². The number of anilines is 5. The highest BCUT2D eigenvalue weighted by molar-refractivity contribution is 5.95. The molecule has 0 unspecified atom stereocenters. The minimum Gasteiger partial charge on any atom is -0.381 e. The topological polar surface area (TPSA) is 120 Å². The van der Waals surface area contributed by atoms with E-state index in [2.05, 4.69) is 70.9 Å². The Morgan fingerprint density at radius 2 is 1.71 bits per heavy atom. The third kappa shape index (κ3) is 10.1. The van der Waals surface area contributed by atoms with E-state index in [-0.39, 0.29) is 18.6 Å². The van der Waals surface area contributed by atoms with Crippen LogP contribution in [0.5, 0.6) is 0 Å². The number of pyridine rings is 1. The fourth-order valence-electron chi connectivity index (χ4n) is 5.60. The first-order chi connectivity index (χ1) is 21.9. The number of benzene rings is 1. The van der Waals surface area contributed by atoms with Crippen LogP contribution in [0.15, 0.2) is 54.9 Å². The molecule has 0 saturated carbocycles. The smallest absolute Gasteiger partial charge is 0.250 e. The van der Waals surface area contributed by atoms with Gasteiger partial charge in [0.2, 0.25) is 11.9 Å². The Balaban J connectivity index is 1.07. The van der Waals surface area contributed by atoms with Gasteiger partial charge in [-0.1, -0.05) is 30.3 Å². The van der Waals surface area contributed by atoms with Crippen molar-refractivity contribution in [3.8, 4) is 0 Å². The van der Waals surface area contributed by atoms with Gasteiger partial charge in [0, 0.05) is 77.8 Å². The summed E-state index contributed by atoms with van der Waals surface area (Å²) in [5.74, 6) is 1.73. The number of ether oxygens (including phenoxy) is 2. The maximum absolute atomic E-state index is 12.8. The molecule has 0 atom stereocenters. The van der Waals surface area contributed by atoms with Gasteiger partial charge in [-0.3, -0.25) is 14.6 Å². The first-order valence-corrected chi connectivity index (χ1v) is 16.0. The second-order valence-electron chi connectivity index (χ2n) is 11.9. The molecule has 2 aromatic heterocycles. The van der Waals surface area contributed by atoms with Gasteiger partial charge in [0.15, 0.2) is 0 Å². The zero-order valence-electron chi connectivity index (χ0n) is 26.7. The molecule has 1 aromatic carbocycles. The second kappa shape index (κ2) is 16.5. The lowest BCUT2D eigenvalue weighted by Gasteiger charge is -2.34. The van der Waals surface area contributed by atoms with Gasteiger partial charge in [-0.25, -0.2) is 9.97 Å². The maximum atomic E-state index is 12.8. The SMILES string of the molecule is COC1CCN(c2nccc(Nc3cc(NC(C)C)c(NC(=O)COCCN4CCN(Cc5ccccc5)CC4)cn3)n2)CC1. The van der Waals surface area contributed by atoms with Crippen LogP contribution in [0.2, 0.25) is 0 Å². The average Bonchev–Trinajstić information content (AvgIpc) is 3.05. The molecule has 2 saturated heterocycles. The molecular weight excluding hydrogens is 570 g/mol. The van der Waals surface area contributed by atoms with Crippen molar-refractivity contribution in [3.63, 3.8) is 0 Å². The number of amides is 1. The van der Waals surface area contributed by atoms with Crippen LogP contribution < -0.4 is 20.9 Å². The molecular formula is C33H47N9O3. The summed E-state index contributed by atoms with van der Waals surface area (Å²) < 4.78 is 11.2. The predicted molar refractivity (Wildman–Crippen MR) is 178 cm³/mol. The van der Waals surface area contributed by atoms with E-state index in [4.69, 9.17) is 14.5 Å². The Morgan fingerprint density at radius 1 is 0.956 bits per heavy atom. The van der Waals surface area contributed by atoms with Crippen molar-refractivity contribution in [2.45, 2.75) is 45.4 Å². The lowest BCUT2D eigenvalue weighted by atomic mass is 10.1. The van der Waals surface area contributed by atoms with E-state index in [1.807, 2.05) is 26.0 Å². The number of aromatic nitrogens is 3. The standard InChI is InChI=1S/C33H47N9O3/c1-25(2)36-28-21-31(38-30-9-12-34-33(39-30)42-13-10-27(44-3)11-14-42)35-22-29(28)37-32(43)24-45-20-19-40-15-17-41(18-16-40)23-26-7-5-4-6-8-26/h4-9,12,21-22,25,27H,10-11,13-20,23-24H2,1-3H3,(H,37,43)(H2,34,35,36,38,39). The highest BCUT2D eigenvalue weighted by Crippen LogP contribution is 2.27. The van der Waals surface area contributed by atoms with Crippen LogP contribution in [0.3, 0.4) is 0 Å². The van der Waals surface area contributed by atoms with E-state index in [0.29, 0.717) is 36.0 Å². The molecule has 2 aliphatic heterocycles. The van der Waals surface area contributed by atoms with Crippen molar-refractivity contribution in [2.75, 3.05) is 87.0 Å². The summed E-state index contributed by atoms with van der Waals surface area (Å²) in [6.07, 6.45) is 5.60. The number of methoxy groups -OCH3 is 1. The lowest BCUT2D eigenvalue weighted by Crippen LogP contribution is -2.46. The van der Waals surface area contributed by atoms with Crippen LogP contribution in [0.1, 0.15) is 32.3 Å². The number of rotatable bonds is 14. The Bertz CT molecular complexity index is 1340. The molecule has 2 aliphatic rings. The summed E-state index contributed by atoms with van der Waals surface area (Å²) in [6, 6.07) is 14.4. The van der Waals surface area contributed by atoms with Crippen molar-refractivity contribution in [1.29, 1.82) is 0 Å². The molecule has 2 fully saturated rings. The van der Waals surface area contributed by atoms with Gasteiger partial charge in [-0.05, 0) is 38.3 Å². The summed E-state index contributed by atoms with van der Waals surface area (Å²) in [4.78, 5) is 33.5. The Kier molecular flexibility index (Phi) is 11.9. The molecule has 45 heavy (non-hydrogen) atoms. The third-order valence-corrected chi connectivity index (χ3v) is 8.08. The Morgan fingerprint density at radius 3 is 2.44 bits per heavy atom. The minimum atomic E-state index is -0.213. The summed E-state index contributed by atoms with van der Waals surface area (Å²) in [7, 11) is 1.76. The van der Waals surface area contributed by atoms with Crippen molar-refractivity contribution in [2.24, 2.45) is 0 Å². The molecule has 0 aliphatic carbocycles. The molecule has 0 bridgehead atoms. The number of carbonyl (C=O) groups excluding carboxylic acids is 1. The van der Waals surface area contributed by atoms with Crippen LogP contribution in [0, 0.1) is 0 Å². The van der Waals surface area contributed by atoms with Crippen molar-refractivity contribution < 1.29 is 14.3 Å². The fourth-order valence-corrected chi connectivity index (χ4v) is 5.60. The molecule has 3 N–H and O–H groups in total. The van der Waals surface area contributed by atoms with Gasteiger partial charge >= 0.3 is 0 Å². The summed E-state index contributed by atoms with van der Waals surface area (Å²) >= 11 is 0. The lowest BCUT2D eigenvalue weighted by molar-refractivity contribution is -0.120. The fraction of sp³-hybridized carbons (Fsp3) is 0.515. The first kappa shape index (κ1) is 32.6. The van der Waals surface area contributed by atoms with Gasteiger partial charge in [0.25, 0.3) is 0 Å². The number of carbonyl (C=O) groups is 1. The van der Waals surface area contributed by atoms with Gasteiger partial charge in [0.1, 0.15) is 18.2 Å². The van der Waals surface area contributed by atoms with E-state index in [9.17, 15) is 4.79 Å². The maximum Gasteiger partial charge on any atom is 0.250 e. The Labute approximate surface area is 266 Å². The first-order valence-electron chi connectivity index (χ1n) is 16.0. The summed E-state index contributed by atoms with van der Waals surface area (Å²) in [5, 5.41) is 9.65. The van der Waals surface area contributed by atoms with Gasteiger partial charge in [-0.15, -0.1) is 0 Å². The van der Waals surface area contributed by atoms with E-state index in [1.165, 1.54) is 5.56 Å². The molecule has 4 heterocycles. The monoisotopic (exact) mass is 617 g/mol. The molecule has 242 valence electrons. The zero-order valence-corrected chi connectivity index (χ0v) is 26.7. The highest BCUT2D eigenvalue weighted by Gasteiger charge is 2.21. The molecule has 12 heteroatoms. The normalized spacial score (nSPS) is 16.6. The van der Waals surface area contributed by atoms with Crippen LogP contribution in [-0.4, -0.2) is 109 Å². The molecule has 1 amide bonds. The summed E-state index contributed by atoms with van der Waals surface area (Å²) in [6.45, 7) is 12.2. The number of nitrogens with one attached hydrogen (secondary N) is 3. The molecule has 0 radical (unpaired) electrons. The van der Waals surface area contributed by atoms with Gasteiger partial charge < -0.3 is 30.3 Å². The highest BCUT2D eigenvalue weighted by atomic mass is 16.5. The average molecular weight is 618 g/mol. The number of hydrogen-bond acceptors (Lipinski definition) is 11. The van der Waals surface area contributed by atoms with Gasteiger partial charge in [-0.2, -0.15) is 4.98 Å². The molecule has 3 aromatic rings. The molecule has 0 spiro atoms. The largest absolute Gasteiger partial charge is 0.381 e. The van der Waals surface area contributed by atoms with Crippen molar-refractivity contribution in [3.05, 3.63) is 60.4 Å². The minimum absolute atomic E-state index is 0.0135. The Hall–Kier alpha value is -3.84. The summed E-state index contributed by atoms with van der Waals surface area (Å²) in [5.41, 5.74) is 2.71. The number of nitrogens with zero attached hydrogens (tertiary/aromatic N) is 6. The predicted octanol–water partition coefficient (Wildman–Crippen LogP) is 3.82. The zero-order chi connectivity index (χ0) is 31.4. The van der Waals surface area contributed by atoms with Crippen LogP contribution in [0.25, 0.3) is 0 Å². The number of piperazine rings is 1.